The summed E-state index contributed by atoms with van der Waals surface area (Å²) < 4.78 is 5.36. The van der Waals surface area contributed by atoms with Gasteiger partial charge in [0.15, 0.2) is 0 Å². The molecule has 4 nitrogen and oxygen atoms in total. The molecule has 0 spiro atoms. The molecule has 4 heteroatoms. The lowest BCUT2D eigenvalue weighted by atomic mass is 9.94. The van der Waals surface area contributed by atoms with Gasteiger partial charge < -0.3 is 4.52 Å². The number of aromatic nitrogens is 1. The minimum Gasteiger partial charge on any atom is -0.361 e. The predicted octanol–water partition coefficient (Wildman–Crippen LogP) is 3.70. The van der Waals surface area contributed by atoms with Crippen molar-refractivity contribution in [2.24, 2.45) is 5.92 Å². The van der Waals surface area contributed by atoms with Crippen molar-refractivity contribution in [3.8, 4) is 0 Å². The molecule has 0 radical (unpaired) electrons. The molecular formula is C21H29N3O. The molecule has 3 fully saturated rings. The number of benzene rings is 1. The number of hydrogen-bond acceptors (Lipinski definition) is 4. The van der Waals surface area contributed by atoms with Crippen molar-refractivity contribution >= 4 is 0 Å². The average molecular weight is 339 g/mol. The Labute approximate surface area is 150 Å². The van der Waals surface area contributed by atoms with Gasteiger partial charge in [-0.15, -0.1) is 0 Å². The summed E-state index contributed by atoms with van der Waals surface area (Å²) >= 11 is 0. The first-order valence-corrected chi connectivity index (χ1v) is 9.53. The maximum absolute atomic E-state index is 5.36. The topological polar surface area (TPSA) is 32.5 Å². The van der Waals surface area contributed by atoms with Gasteiger partial charge in [0.05, 0.1) is 5.69 Å². The van der Waals surface area contributed by atoms with Crippen LogP contribution in [0.5, 0.6) is 0 Å². The van der Waals surface area contributed by atoms with Gasteiger partial charge in [-0.25, -0.2) is 0 Å². The van der Waals surface area contributed by atoms with Crippen LogP contribution in [0.25, 0.3) is 0 Å². The molecule has 4 heterocycles. The number of fused-ring (bicyclic) bond motifs is 4. The lowest BCUT2D eigenvalue weighted by molar-refractivity contribution is 0.123. The number of rotatable bonds is 4. The monoisotopic (exact) mass is 339 g/mol. The summed E-state index contributed by atoms with van der Waals surface area (Å²) in [4.78, 5) is 5.36. The van der Waals surface area contributed by atoms with Crippen molar-refractivity contribution in [1.82, 2.24) is 15.0 Å². The molecule has 5 rings (SSSR count). The first-order valence-electron chi connectivity index (χ1n) is 9.53. The molecule has 25 heavy (non-hydrogen) atoms. The molecule has 1 aromatic heterocycles. The Morgan fingerprint density at radius 2 is 1.88 bits per heavy atom. The van der Waals surface area contributed by atoms with Crippen molar-refractivity contribution in [3.63, 3.8) is 0 Å². The van der Waals surface area contributed by atoms with Crippen LogP contribution in [-0.2, 0) is 13.1 Å². The lowest BCUT2D eigenvalue weighted by Gasteiger charge is -2.36. The molecule has 2 atom stereocenters. The standard InChI is InChI=1S/C21H29N3O/c1-15-6-4-5-7-19(15)12-24-11-18-8-9-20(24)13-23(10-18)14-21-16(2)22-25-17(21)3/h4-7,18,20H,8-14H2,1-3H3/t18-,20+/m1/s1. The summed E-state index contributed by atoms with van der Waals surface area (Å²) in [6.07, 6.45) is 2.70. The molecule has 3 aliphatic heterocycles. The molecule has 2 bridgehead atoms. The van der Waals surface area contributed by atoms with Gasteiger partial charge in [0.2, 0.25) is 0 Å². The maximum atomic E-state index is 5.36. The summed E-state index contributed by atoms with van der Waals surface area (Å²) in [5.41, 5.74) is 5.22. The number of piperidine rings is 1. The van der Waals surface area contributed by atoms with E-state index in [1.165, 1.54) is 42.6 Å². The van der Waals surface area contributed by atoms with Gasteiger partial charge in [-0.3, -0.25) is 9.80 Å². The molecule has 0 aliphatic carbocycles. The fourth-order valence-corrected chi connectivity index (χ4v) is 4.56. The summed E-state index contributed by atoms with van der Waals surface area (Å²) in [7, 11) is 0. The molecule has 0 amide bonds. The van der Waals surface area contributed by atoms with Crippen LogP contribution < -0.4 is 0 Å². The number of hydrogen-bond donors (Lipinski definition) is 0. The van der Waals surface area contributed by atoms with Gasteiger partial charge in [0.1, 0.15) is 5.76 Å². The van der Waals surface area contributed by atoms with Crippen LogP contribution in [0.15, 0.2) is 28.8 Å². The van der Waals surface area contributed by atoms with Gasteiger partial charge in [0.25, 0.3) is 0 Å². The molecule has 134 valence electrons. The van der Waals surface area contributed by atoms with Crippen molar-refractivity contribution in [3.05, 3.63) is 52.4 Å². The third-order valence-electron chi connectivity index (χ3n) is 6.10. The minimum atomic E-state index is 0.666. The largest absolute Gasteiger partial charge is 0.361 e. The molecule has 3 saturated heterocycles. The molecule has 0 saturated carbocycles. The van der Waals surface area contributed by atoms with Crippen LogP contribution in [0.2, 0.25) is 0 Å². The first kappa shape index (κ1) is 16.8. The smallest absolute Gasteiger partial charge is 0.138 e. The van der Waals surface area contributed by atoms with Crippen LogP contribution in [0, 0.1) is 26.7 Å². The van der Waals surface area contributed by atoms with Crippen molar-refractivity contribution in [1.29, 1.82) is 0 Å². The molecule has 0 N–H and O–H groups in total. The SMILES string of the molecule is Cc1ccccc1CN1C[C@@H]2CC[C@H]1CN(Cc1c(C)noc1C)C2. The van der Waals surface area contributed by atoms with Gasteiger partial charge in [-0.2, -0.15) is 0 Å². The summed E-state index contributed by atoms with van der Waals surface area (Å²) in [5.74, 6) is 1.76. The zero-order chi connectivity index (χ0) is 17.4. The summed E-state index contributed by atoms with van der Waals surface area (Å²) in [6.45, 7) is 12.0. The van der Waals surface area contributed by atoms with Crippen LogP contribution in [0.4, 0.5) is 0 Å². The highest BCUT2D eigenvalue weighted by Gasteiger charge is 2.35. The third kappa shape index (κ3) is 3.51. The second kappa shape index (κ2) is 6.93. The fourth-order valence-electron chi connectivity index (χ4n) is 4.56. The van der Waals surface area contributed by atoms with E-state index in [4.69, 9.17) is 4.52 Å². The van der Waals surface area contributed by atoms with E-state index >= 15 is 0 Å². The predicted molar refractivity (Wildman–Crippen MR) is 99.4 cm³/mol. The highest BCUT2D eigenvalue weighted by molar-refractivity contribution is 5.25. The molecule has 1 aromatic carbocycles. The third-order valence-corrected chi connectivity index (χ3v) is 6.10. The van der Waals surface area contributed by atoms with E-state index in [-0.39, 0.29) is 0 Å². The Kier molecular flexibility index (Phi) is 4.65. The second-order valence-electron chi connectivity index (χ2n) is 7.95. The maximum Gasteiger partial charge on any atom is 0.138 e. The van der Waals surface area contributed by atoms with E-state index in [0.717, 1.165) is 37.0 Å². The Morgan fingerprint density at radius 1 is 1.04 bits per heavy atom. The zero-order valence-electron chi connectivity index (χ0n) is 15.7. The normalized spacial score (nSPS) is 24.6. The van der Waals surface area contributed by atoms with Gasteiger partial charge >= 0.3 is 0 Å². The molecule has 3 aliphatic rings. The van der Waals surface area contributed by atoms with E-state index in [0.29, 0.717) is 6.04 Å². The van der Waals surface area contributed by atoms with Crippen LogP contribution >= 0.6 is 0 Å². The van der Waals surface area contributed by atoms with Crippen LogP contribution in [-0.4, -0.2) is 40.6 Å². The highest BCUT2D eigenvalue weighted by Crippen LogP contribution is 2.31. The Balaban J connectivity index is 1.48. The summed E-state index contributed by atoms with van der Waals surface area (Å²) in [6, 6.07) is 9.49. The van der Waals surface area contributed by atoms with E-state index in [9.17, 15) is 0 Å². The van der Waals surface area contributed by atoms with Gasteiger partial charge in [0, 0.05) is 44.3 Å². The Hall–Kier alpha value is -1.65. The van der Waals surface area contributed by atoms with Gasteiger partial charge in [-0.1, -0.05) is 29.4 Å². The fraction of sp³-hybridized carbons (Fsp3) is 0.571. The first-order chi connectivity index (χ1) is 12.1. The molecule has 0 unspecified atom stereocenters. The van der Waals surface area contributed by atoms with Crippen molar-refractivity contribution in [2.75, 3.05) is 19.6 Å². The Bertz CT molecular complexity index is 719. The van der Waals surface area contributed by atoms with Crippen LogP contribution in [0.1, 0.15) is 41.0 Å². The van der Waals surface area contributed by atoms with E-state index < -0.39 is 0 Å². The molecular weight excluding hydrogens is 310 g/mol. The van der Waals surface area contributed by atoms with Crippen molar-refractivity contribution < 1.29 is 4.52 Å². The lowest BCUT2D eigenvalue weighted by Crippen LogP contribution is -2.43. The summed E-state index contributed by atoms with van der Waals surface area (Å²) in [5, 5.41) is 4.13. The number of nitrogens with zero attached hydrogens (tertiary/aromatic N) is 3. The minimum absolute atomic E-state index is 0.666. The number of aryl methyl sites for hydroxylation is 3. The zero-order valence-corrected chi connectivity index (χ0v) is 15.7. The van der Waals surface area contributed by atoms with Crippen molar-refractivity contribution in [2.45, 2.75) is 52.7 Å². The van der Waals surface area contributed by atoms with Gasteiger partial charge in [-0.05, 0) is 50.7 Å². The second-order valence-corrected chi connectivity index (χ2v) is 7.95. The highest BCUT2D eigenvalue weighted by atomic mass is 16.5. The average Bonchev–Trinajstić information content (AvgIpc) is 2.78. The Morgan fingerprint density at radius 3 is 2.64 bits per heavy atom. The van der Waals surface area contributed by atoms with E-state index in [2.05, 4.69) is 53.1 Å². The van der Waals surface area contributed by atoms with Crippen LogP contribution in [0.3, 0.4) is 0 Å². The molecule has 2 aromatic rings. The quantitative estimate of drug-likeness (QED) is 0.850. The van der Waals surface area contributed by atoms with E-state index in [1.54, 1.807) is 0 Å². The van der Waals surface area contributed by atoms with E-state index in [1.807, 2.05) is 6.92 Å².